The molecule has 0 spiro atoms. The van der Waals surface area contributed by atoms with Gasteiger partial charge in [0.05, 0.1) is 6.54 Å². The van der Waals surface area contributed by atoms with Crippen molar-refractivity contribution in [2.75, 3.05) is 13.6 Å². The second-order valence-corrected chi connectivity index (χ2v) is 5.80. The third kappa shape index (κ3) is 3.41. The van der Waals surface area contributed by atoms with Gasteiger partial charge in [0.15, 0.2) is 0 Å². The lowest BCUT2D eigenvalue weighted by molar-refractivity contribution is -0.121. The van der Waals surface area contributed by atoms with E-state index >= 15 is 0 Å². The molecule has 23 heavy (non-hydrogen) atoms. The second kappa shape index (κ2) is 6.64. The molecule has 2 aromatic heterocycles. The van der Waals surface area contributed by atoms with Crippen LogP contribution in [0.15, 0.2) is 42.7 Å². The molecule has 0 bridgehead atoms. The fraction of sp³-hybridized carbons (Fsp3) is 0.353. The van der Waals surface area contributed by atoms with Crippen molar-refractivity contribution >= 4 is 11.8 Å². The summed E-state index contributed by atoms with van der Waals surface area (Å²) in [7, 11) is 1.64. The van der Waals surface area contributed by atoms with Crippen molar-refractivity contribution in [2.24, 2.45) is 5.92 Å². The summed E-state index contributed by atoms with van der Waals surface area (Å²) in [5.41, 5.74) is 1.51. The third-order valence-electron chi connectivity index (χ3n) is 4.13. The van der Waals surface area contributed by atoms with Crippen LogP contribution in [-0.4, -0.2) is 39.9 Å². The number of hydrogen-bond acceptors (Lipinski definition) is 3. The average Bonchev–Trinajstić information content (AvgIpc) is 2.93. The van der Waals surface area contributed by atoms with Gasteiger partial charge in [-0.2, -0.15) is 0 Å². The highest BCUT2D eigenvalue weighted by Gasteiger charge is 2.27. The first kappa shape index (κ1) is 15.3. The Morgan fingerprint density at radius 1 is 1.26 bits per heavy atom. The van der Waals surface area contributed by atoms with Crippen LogP contribution in [0.4, 0.5) is 0 Å². The van der Waals surface area contributed by atoms with E-state index in [0.717, 1.165) is 12.2 Å². The predicted octanol–water partition coefficient (Wildman–Crippen LogP) is 1.29. The molecule has 0 aromatic carbocycles. The van der Waals surface area contributed by atoms with Crippen LogP contribution in [0.5, 0.6) is 0 Å². The molecular formula is C17H20N4O2. The number of hydrogen-bond donors (Lipinski definition) is 1. The van der Waals surface area contributed by atoms with Crippen molar-refractivity contribution in [3.8, 4) is 0 Å². The quantitative estimate of drug-likeness (QED) is 0.929. The van der Waals surface area contributed by atoms with Crippen molar-refractivity contribution in [1.29, 1.82) is 0 Å². The maximum absolute atomic E-state index is 12.7. The Morgan fingerprint density at radius 2 is 2.13 bits per heavy atom. The van der Waals surface area contributed by atoms with Gasteiger partial charge < -0.3 is 14.8 Å². The lowest BCUT2D eigenvalue weighted by Gasteiger charge is -2.23. The zero-order valence-corrected chi connectivity index (χ0v) is 13.1. The summed E-state index contributed by atoms with van der Waals surface area (Å²) < 4.78 is 2.12. The number of pyridine rings is 1. The monoisotopic (exact) mass is 312 g/mol. The lowest BCUT2D eigenvalue weighted by atomic mass is 10.0. The van der Waals surface area contributed by atoms with Crippen molar-refractivity contribution in [3.63, 3.8) is 0 Å². The number of amides is 2. The zero-order chi connectivity index (χ0) is 16.2. The number of rotatable bonds is 3. The Bertz CT molecular complexity index is 696. The largest absolute Gasteiger partial charge is 0.359 e. The summed E-state index contributed by atoms with van der Waals surface area (Å²) in [5, 5.41) is 2.66. The first-order valence-corrected chi connectivity index (χ1v) is 7.72. The van der Waals surface area contributed by atoms with E-state index in [1.165, 1.54) is 0 Å². The maximum atomic E-state index is 12.7. The van der Waals surface area contributed by atoms with Crippen LogP contribution in [0.3, 0.4) is 0 Å². The van der Waals surface area contributed by atoms with Crippen molar-refractivity contribution in [1.82, 2.24) is 19.8 Å². The van der Waals surface area contributed by atoms with Crippen LogP contribution < -0.4 is 5.32 Å². The smallest absolute Gasteiger partial charge is 0.272 e. The maximum Gasteiger partial charge on any atom is 0.272 e. The Labute approximate surface area is 135 Å². The van der Waals surface area contributed by atoms with E-state index in [0.29, 0.717) is 25.2 Å². The van der Waals surface area contributed by atoms with Crippen molar-refractivity contribution in [3.05, 3.63) is 54.1 Å². The van der Waals surface area contributed by atoms with E-state index in [1.54, 1.807) is 30.3 Å². The van der Waals surface area contributed by atoms with Crippen LogP contribution in [-0.2, 0) is 17.9 Å². The molecule has 0 fully saturated rings. The number of carbonyl (C=O) groups excluding carboxylic acids is 2. The molecule has 6 nitrogen and oxygen atoms in total. The van der Waals surface area contributed by atoms with Gasteiger partial charge in [-0.1, -0.05) is 6.07 Å². The van der Waals surface area contributed by atoms with Gasteiger partial charge in [0, 0.05) is 50.6 Å². The van der Waals surface area contributed by atoms with Crippen molar-refractivity contribution in [2.45, 2.75) is 19.5 Å². The molecule has 1 atom stereocenters. The van der Waals surface area contributed by atoms with Crippen LogP contribution in [0.2, 0.25) is 0 Å². The molecule has 1 N–H and O–H groups in total. The van der Waals surface area contributed by atoms with Gasteiger partial charge >= 0.3 is 0 Å². The number of aromatic nitrogens is 2. The summed E-state index contributed by atoms with van der Waals surface area (Å²) in [6.45, 7) is 1.82. The second-order valence-electron chi connectivity index (χ2n) is 5.80. The number of carbonyl (C=O) groups is 2. The fourth-order valence-electron chi connectivity index (χ4n) is 2.98. The molecule has 0 unspecified atom stereocenters. The summed E-state index contributed by atoms with van der Waals surface area (Å²) >= 11 is 0. The van der Waals surface area contributed by atoms with Crippen LogP contribution >= 0.6 is 0 Å². The molecule has 0 saturated carbocycles. The Balaban J connectivity index is 1.84. The van der Waals surface area contributed by atoms with Gasteiger partial charge in [0.1, 0.15) is 5.69 Å². The number of nitrogens with zero attached hydrogens (tertiary/aromatic N) is 3. The molecule has 120 valence electrons. The molecular weight excluding hydrogens is 292 g/mol. The van der Waals surface area contributed by atoms with Gasteiger partial charge in [-0.05, 0) is 24.3 Å². The Morgan fingerprint density at radius 3 is 2.87 bits per heavy atom. The molecule has 3 heterocycles. The van der Waals surface area contributed by atoms with Crippen LogP contribution in [0.1, 0.15) is 22.6 Å². The van der Waals surface area contributed by atoms with Crippen LogP contribution in [0.25, 0.3) is 0 Å². The van der Waals surface area contributed by atoms with Gasteiger partial charge in [0.25, 0.3) is 5.91 Å². The SMILES string of the molecule is CNC(=O)C[C@H]1CN(C(=O)c2ccccn2)Cc2cccn2C1. The summed E-state index contributed by atoms with van der Waals surface area (Å²) in [5.74, 6) is -0.0192. The van der Waals surface area contributed by atoms with E-state index in [1.807, 2.05) is 24.4 Å². The average molecular weight is 312 g/mol. The topological polar surface area (TPSA) is 67.2 Å². The minimum atomic E-state index is -0.0952. The minimum absolute atomic E-state index is 0.00385. The van der Waals surface area contributed by atoms with Gasteiger partial charge in [-0.3, -0.25) is 14.6 Å². The van der Waals surface area contributed by atoms with Crippen molar-refractivity contribution < 1.29 is 9.59 Å². The fourth-order valence-corrected chi connectivity index (χ4v) is 2.98. The molecule has 0 aliphatic carbocycles. The molecule has 2 amide bonds. The normalized spacial score (nSPS) is 17.3. The molecule has 3 rings (SSSR count). The van der Waals surface area contributed by atoms with Gasteiger partial charge in [-0.15, -0.1) is 0 Å². The molecule has 0 radical (unpaired) electrons. The number of nitrogens with one attached hydrogen (secondary N) is 1. The lowest BCUT2D eigenvalue weighted by Crippen LogP contribution is -2.36. The van der Waals surface area contributed by atoms with E-state index in [4.69, 9.17) is 0 Å². The summed E-state index contributed by atoms with van der Waals surface area (Å²) in [6.07, 6.45) is 4.02. The first-order valence-electron chi connectivity index (χ1n) is 7.72. The van der Waals surface area contributed by atoms with Gasteiger partial charge in [-0.25, -0.2) is 0 Å². The standard InChI is InChI=1S/C17H20N4O2/c1-18-16(22)9-13-10-20-8-4-5-14(20)12-21(11-13)17(23)15-6-2-3-7-19-15/h2-8,13H,9-12H2,1H3,(H,18,22)/t13-/m1/s1. The highest BCUT2D eigenvalue weighted by atomic mass is 16.2. The minimum Gasteiger partial charge on any atom is -0.359 e. The molecule has 0 saturated heterocycles. The molecule has 1 aliphatic heterocycles. The first-order chi connectivity index (χ1) is 11.2. The number of fused-ring (bicyclic) bond motifs is 1. The van der Waals surface area contributed by atoms with Crippen LogP contribution in [0, 0.1) is 5.92 Å². The van der Waals surface area contributed by atoms with E-state index < -0.39 is 0 Å². The predicted molar refractivity (Wildman–Crippen MR) is 85.6 cm³/mol. The Hall–Kier alpha value is -2.63. The Kier molecular flexibility index (Phi) is 4.41. The summed E-state index contributed by atoms with van der Waals surface area (Å²) in [6, 6.07) is 9.31. The van der Waals surface area contributed by atoms with Gasteiger partial charge in [0.2, 0.25) is 5.91 Å². The highest BCUT2D eigenvalue weighted by molar-refractivity contribution is 5.92. The van der Waals surface area contributed by atoms with E-state index in [9.17, 15) is 9.59 Å². The third-order valence-corrected chi connectivity index (χ3v) is 4.13. The summed E-state index contributed by atoms with van der Waals surface area (Å²) in [4.78, 5) is 30.4. The highest BCUT2D eigenvalue weighted by Crippen LogP contribution is 2.20. The molecule has 1 aliphatic rings. The van der Waals surface area contributed by atoms with E-state index in [2.05, 4.69) is 14.9 Å². The molecule has 2 aromatic rings. The zero-order valence-electron chi connectivity index (χ0n) is 13.1. The van der Waals surface area contributed by atoms with E-state index in [-0.39, 0.29) is 17.7 Å². The molecule has 6 heteroatoms.